The Balaban J connectivity index is 1.75. The van der Waals surface area contributed by atoms with Gasteiger partial charge in [0, 0.05) is 18.2 Å². The third-order valence-electron chi connectivity index (χ3n) is 4.42. The van der Waals surface area contributed by atoms with E-state index < -0.39 is 47.2 Å². The van der Waals surface area contributed by atoms with Crippen molar-refractivity contribution in [3.8, 4) is 0 Å². The van der Waals surface area contributed by atoms with Gasteiger partial charge in [-0.1, -0.05) is 0 Å². The lowest BCUT2D eigenvalue weighted by atomic mass is 10.0. The number of aliphatic carboxylic acids is 1. The lowest BCUT2D eigenvalue weighted by Gasteiger charge is -2.49. The number of ether oxygens (including phenoxy) is 1. The van der Waals surface area contributed by atoms with Crippen molar-refractivity contribution in [2.45, 2.75) is 24.4 Å². The van der Waals surface area contributed by atoms with E-state index in [2.05, 4.69) is 10.6 Å². The Bertz CT molecular complexity index is 931. The Morgan fingerprint density at radius 1 is 1.40 bits per heavy atom. The first-order chi connectivity index (χ1) is 14.2. The molecule has 3 atom stereocenters. The molecular formula is C17H18N4O7S2. The molecule has 0 bridgehead atoms. The van der Waals surface area contributed by atoms with Gasteiger partial charge in [0.2, 0.25) is 5.91 Å². The average molecular weight is 454 g/mol. The fourth-order valence-corrected chi connectivity index (χ4v) is 5.11. The van der Waals surface area contributed by atoms with Crippen LogP contribution in [0.1, 0.15) is 18.5 Å². The standard InChI is InChI=1S/C17H18N4O7S2/c1-7(22)28-4-9-6-30-15-11(14(24)21(15)12(9)16(25)26)19-13(23)10(20-17(18)27)8-2-3-29-5-8/h2-3,5,10-11,15H,4,6H2,1H3,(H,19,23)(H,25,26)(H3,18,20,27)/t10?,11-,15?/m0/s1. The molecule has 13 heteroatoms. The van der Waals surface area contributed by atoms with E-state index in [-0.39, 0.29) is 18.1 Å². The second-order valence-corrected chi connectivity index (χ2v) is 8.32. The van der Waals surface area contributed by atoms with Crippen molar-refractivity contribution in [3.63, 3.8) is 0 Å². The number of urea groups is 1. The number of primary amides is 1. The highest BCUT2D eigenvalue weighted by Crippen LogP contribution is 2.40. The van der Waals surface area contributed by atoms with E-state index >= 15 is 0 Å². The molecule has 1 saturated heterocycles. The highest BCUT2D eigenvalue weighted by Gasteiger charge is 2.54. The number of amides is 4. The number of hydrogen-bond donors (Lipinski definition) is 4. The van der Waals surface area contributed by atoms with Gasteiger partial charge in [-0.25, -0.2) is 9.59 Å². The van der Waals surface area contributed by atoms with E-state index in [9.17, 15) is 29.1 Å². The number of carboxylic acids is 1. The maximum atomic E-state index is 12.7. The predicted molar refractivity (Wildman–Crippen MR) is 106 cm³/mol. The van der Waals surface area contributed by atoms with Crippen molar-refractivity contribution in [1.82, 2.24) is 15.5 Å². The van der Waals surface area contributed by atoms with Crippen LogP contribution in [-0.2, 0) is 23.9 Å². The summed E-state index contributed by atoms with van der Waals surface area (Å²) >= 11 is 2.56. The number of carbonyl (C=O) groups excluding carboxylic acids is 4. The SMILES string of the molecule is CC(=O)OCC1=C(C(=O)O)N2C(=O)[C@H](NC(=O)C(NC(N)=O)c3ccsc3)C2SC1. The van der Waals surface area contributed by atoms with Crippen LogP contribution in [0.5, 0.6) is 0 Å². The van der Waals surface area contributed by atoms with Crippen LogP contribution in [0.4, 0.5) is 4.79 Å². The van der Waals surface area contributed by atoms with E-state index in [0.29, 0.717) is 11.1 Å². The first kappa shape index (κ1) is 21.6. The number of β-lactam (4-membered cyclic amide) rings is 1. The second kappa shape index (κ2) is 8.75. The third kappa shape index (κ3) is 4.26. The molecule has 11 nitrogen and oxygen atoms in total. The number of nitrogens with one attached hydrogen (secondary N) is 2. The molecule has 5 N–H and O–H groups in total. The highest BCUT2D eigenvalue weighted by molar-refractivity contribution is 8.00. The van der Waals surface area contributed by atoms with Crippen LogP contribution < -0.4 is 16.4 Å². The molecule has 1 aromatic rings. The number of carbonyl (C=O) groups is 5. The average Bonchev–Trinajstić information content (AvgIpc) is 3.21. The summed E-state index contributed by atoms with van der Waals surface area (Å²) in [4.78, 5) is 60.5. The molecule has 160 valence electrons. The van der Waals surface area contributed by atoms with Gasteiger partial charge in [-0.05, 0) is 22.4 Å². The molecule has 0 aliphatic carbocycles. The van der Waals surface area contributed by atoms with Crippen LogP contribution in [0.2, 0.25) is 0 Å². The third-order valence-corrected chi connectivity index (χ3v) is 6.46. The monoisotopic (exact) mass is 454 g/mol. The van der Waals surface area contributed by atoms with Crippen molar-refractivity contribution in [1.29, 1.82) is 0 Å². The summed E-state index contributed by atoms with van der Waals surface area (Å²) in [6.07, 6.45) is 0. The molecule has 3 heterocycles. The van der Waals surface area contributed by atoms with Crippen LogP contribution in [0.15, 0.2) is 28.1 Å². The first-order valence-corrected chi connectivity index (χ1v) is 10.6. The Morgan fingerprint density at radius 3 is 2.70 bits per heavy atom. The summed E-state index contributed by atoms with van der Waals surface area (Å²) < 4.78 is 4.87. The van der Waals surface area contributed by atoms with Gasteiger partial charge in [-0.2, -0.15) is 11.3 Å². The minimum absolute atomic E-state index is 0.212. The topological polar surface area (TPSA) is 168 Å². The summed E-state index contributed by atoms with van der Waals surface area (Å²) in [5.74, 6) is -2.93. The number of thioether (sulfide) groups is 1. The number of fused-ring (bicyclic) bond motifs is 1. The van der Waals surface area contributed by atoms with E-state index in [1.807, 2.05) is 0 Å². The van der Waals surface area contributed by atoms with Gasteiger partial charge in [0.25, 0.3) is 5.91 Å². The van der Waals surface area contributed by atoms with E-state index in [1.54, 1.807) is 16.8 Å². The quantitative estimate of drug-likeness (QED) is 0.323. The number of nitrogens with zero attached hydrogens (tertiary/aromatic N) is 1. The normalized spacial score (nSPS) is 21.2. The molecule has 0 aromatic carbocycles. The molecule has 3 rings (SSSR count). The summed E-state index contributed by atoms with van der Waals surface area (Å²) in [5, 5.41) is 17.2. The maximum Gasteiger partial charge on any atom is 0.352 e. The summed E-state index contributed by atoms with van der Waals surface area (Å²) in [6, 6.07) is -1.32. The number of esters is 1. The summed E-state index contributed by atoms with van der Waals surface area (Å²) in [6.45, 7) is 0.963. The fraction of sp³-hybridized carbons (Fsp3) is 0.353. The van der Waals surface area contributed by atoms with Crippen molar-refractivity contribution in [3.05, 3.63) is 33.7 Å². The Kier molecular flexibility index (Phi) is 6.31. The van der Waals surface area contributed by atoms with Crippen molar-refractivity contribution < 1.29 is 33.8 Å². The first-order valence-electron chi connectivity index (χ1n) is 8.62. The largest absolute Gasteiger partial charge is 0.477 e. The number of rotatable bonds is 7. The van der Waals surface area contributed by atoms with Gasteiger partial charge < -0.3 is 26.2 Å². The van der Waals surface area contributed by atoms with Crippen LogP contribution in [0.3, 0.4) is 0 Å². The van der Waals surface area contributed by atoms with E-state index in [1.165, 1.54) is 30.0 Å². The van der Waals surface area contributed by atoms with Gasteiger partial charge in [0.15, 0.2) is 0 Å². The number of thiophene rings is 1. The molecule has 2 aliphatic rings. The highest BCUT2D eigenvalue weighted by atomic mass is 32.2. The van der Waals surface area contributed by atoms with Crippen LogP contribution >= 0.6 is 23.1 Å². The lowest BCUT2D eigenvalue weighted by Crippen LogP contribution is -2.71. The zero-order valence-corrected chi connectivity index (χ0v) is 17.2. The molecular weight excluding hydrogens is 436 g/mol. The van der Waals surface area contributed by atoms with E-state index in [0.717, 1.165) is 4.90 Å². The molecule has 2 aliphatic heterocycles. The lowest BCUT2D eigenvalue weighted by molar-refractivity contribution is -0.151. The molecule has 1 fully saturated rings. The second-order valence-electron chi connectivity index (χ2n) is 6.43. The minimum Gasteiger partial charge on any atom is -0.477 e. The van der Waals surface area contributed by atoms with Gasteiger partial charge in [-0.15, -0.1) is 11.8 Å². The molecule has 0 saturated carbocycles. The van der Waals surface area contributed by atoms with Gasteiger partial charge in [-0.3, -0.25) is 19.3 Å². The van der Waals surface area contributed by atoms with Gasteiger partial charge in [0.1, 0.15) is 29.8 Å². The smallest absolute Gasteiger partial charge is 0.352 e. The van der Waals surface area contributed by atoms with Crippen molar-refractivity contribution in [2.75, 3.05) is 12.4 Å². The number of hydrogen-bond acceptors (Lipinski definition) is 8. The molecule has 4 amide bonds. The maximum absolute atomic E-state index is 12.7. The predicted octanol–water partition coefficient (Wildman–Crippen LogP) is -0.241. The van der Waals surface area contributed by atoms with Gasteiger partial charge in [0.05, 0.1) is 0 Å². The number of nitrogens with two attached hydrogens (primary N) is 1. The molecule has 30 heavy (non-hydrogen) atoms. The molecule has 0 radical (unpaired) electrons. The van der Waals surface area contributed by atoms with Crippen LogP contribution in [0, 0.1) is 0 Å². The van der Waals surface area contributed by atoms with Crippen LogP contribution in [-0.4, -0.2) is 63.6 Å². The Morgan fingerprint density at radius 2 is 2.13 bits per heavy atom. The van der Waals surface area contributed by atoms with Crippen LogP contribution in [0.25, 0.3) is 0 Å². The molecule has 1 aromatic heterocycles. The van der Waals surface area contributed by atoms with Crippen molar-refractivity contribution in [2.24, 2.45) is 5.73 Å². The fourth-order valence-electron chi connectivity index (χ4n) is 3.10. The molecule has 0 spiro atoms. The number of carboxylic acid groups (broad SMARTS) is 1. The zero-order chi connectivity index (χ0) is 22.0. The summed E-state index contributed by atoms with van der Waals surface area (Å²) in [7, 11) is 0. The minimum atomic E-state index is -1.33. The Labute approximate surface area is 178 Å². The van der Waals surface area contributed by atoms with Gasteiger partial charge >= 0.3 is 18.0 Å². The summed E-state index contributed by atoms with van der Waals surface area (Å²) in [5.41, 5.74) is 5.70. The Hall–Kier alpha value is -3.06. The van der Waals surface area contributed by atoms with Crippen molar-refractivity contribution >= 4 is 52.9 Å². The molecule has 2 unspecified atom stereocenters. The zero-order valence-electron chi connectivity index (χ0n) is 15.6. The van der Waals surface area contributed by atoms with E-state index in [4.69, 9.17) is 10.5 Å².